The number of hydrogen-bond donors (Lipinski definition) is 0. The molecule has 290 valence electrons. The van der Waals surface area contributed by atoms with E-state index in [2.05, 4.69) is 0 Å². The highest BCUT2D eigenvalue weighted by Gasteiger charge is 2.96. The van der Waals surface area contributed by atoms with Crippen LogP contribution in [0.1, 0.15) is 0 Å². The topological polar surface area (TPSA) is 0 Å². The summed E-state index contributed by atoms with van der Waals surface area (Å²) in [6.45, 7) is 0. The van der Waals surface area contributed by atoms with E-state index >= 15 is 0 Å². The standard InChI is InChI=1S/C19H4F30/c20-6(21,8(24,25)10(28,29)12(32,33)13(34,35)15(38,39)17(42,43)19(47,48)49)4-1-2-5(3-4)7(22,23)9(26,27)11(30,31)14(36,37)16(40,41)18(44,45)46/h1-4H. The zero-order valence-electron chi connectivity index (χ0n) is 21.1. The molecule has 30 heteroatoms. The van der Waals surface area contributed by atoms with Crippen molar-refractivity contribution in [3.05, 3.63) is 23.8 Å². The minimum atomic E-state index is -9.21. The predicted molar refractivity (Wildman–Crippen MR) is 92.2 cm³/mol. The van der Waals surface area contributed by atoms with Gasteiger partial charge in [-0.1, -0.05) is 18.2 Å². The maximum absolute atomic E-state index is 14.3. The van der Waals surface area contributed by atoms with Crippen molar-refractivity contribution in [2.75, 3.05) is 0 Å². The van der Waals surface area contributed by atoms with Gasteiger partial charge in [0, 0.05) is 5.57 Å². The van der Waals surface area contributed by atoms with Gasteiger partial charge in [0.15, 0.2) is 0 Å². The molecule has 0 amide bonds. The maximum Gasteiger partial charge on any atom is 0.460 e. The molecule has 1 aliphatic carbocycles. The van der Waals surface area contributed by atoms with Gasteiger partial charge < -0.3 is 0 Å². The largest absolute Gasteiger partial charge is 0.460 e. The first-order chi connectivity index (χ1) is 20.7. The van der Waals surface area contributed by atoms with Gasteiger partial charge in [0.1, 0.15) is 0 Å². The summed E-state index contributed by atoms with van der Waals surface area (Å²) in [5.41, 5.74) is -3.65. The fourth-order valence-corrected chi connectivity index (χ4v) is 3.28. The Morgan fingerprint density at radius 2 is 0.551 bits per heavy atom. The third-order valence-electron chi connectivity index (χ3n) is 6.30. The van der Waals surface area contributed by atoms with Crippen molar-refractivity contribution in [1.82, 2.24) is 0 Å². The van der Waals surface area contributed by atoms with Crippen LogP contribution < -0.4 is 0 Å². The second kappa shape index (κ2) is 10.9. The van der Waals surface area contributed by atoms with E-state index in [0.29, 0.717) is 0 Å². The van der Waals surface area contributed by atoms with E-state index in [1.807, 2.05) is 0 Å². The maximum atomic E-state index is 14.3. The lowest BCUT2D eigenvalue weighted by Crippen LogP contribution is -2.74. The molecule has 0 spiro atoms. The number of halogens is 30. The molecule has 49 heavy (non-hydrogen) atoms. The van der Waals surface area contributed by atoms with Crippen LogP contribution in [0.2, 0.25) is 0 Å². The molecule has 0 radical (unpaired) electrons. The SMILES string of the molecule is FC(F)(F)C(F)(F)C(F)(F)C(F)(F)C(F)(F)C(F)(F)C1=CC(C(F)(F)C(F)(F)C(F)(F)C(F)(F)C(F)(F)C(F)(F)C(F)(F)C(F)(F)F)C=C1. The van der Waals surface area contributed by atoms with E-state index in [0.717, 1.165) is 0 Å². The molecule has 1 rings (SSSR count). The molecule has 0 saturated carbocycles. The summed E-state index contributed by atoms with van der Waals surface area (Å²) in [6, 6.07) is 0. The summed E-state index contributed by atoms with van der Waals surface area (Å²) in [5.74, 6) is -108. The van der Waals surface area contributed by atoms with Crippen molar-refractivity contribution >= 4 is 0 Å². The van der Waals surface area contributed by atoms with Crippen LogP contribution >= 0.6 is 0 Å². The second-order valence-electron chi connectivity index (χ2n) is 9.44. The Kier molecular flexibility index (Phi) is 9.92. The first kappa shape index (κ1) is 44.4. The van der Waals surface area contributed by atoms with Crippen LogP contribution in [-0.2, 0) is 0 Å². The average Bonchev–Trinajstić information content (AvgIpc) is 3.38. The molecule has 0 heterocycles. The van der Waals surface area contributed by atoms with Crippen molar-refractivity contribution in [3.63, 3.8) is 0 Å². The van der Waals surface area contributed by atoms with Crippen molar-refractivity contribution in [2.24, 2.45) is 5.92 Å². The van der Waals surface area contributed by atoms with Crippen LogP contribution in [-0.4, -0.2) is 83.4 Å². The van der Waals surface area contributed by atoms with E-state index in [1.54, 1.807) is 0 Å². The first-order valence-electron chi connectivity index (χ1n) is 10.8. The molecular formula is C19H4F30. The Balaban J connectivity index is 3.80. The number of hydrogen-bond acceptors (Lipinski definition) is 0. The lowest BCUT2D eigenvalue weighted by molar-refractivity contribution is -0.462. The lowest BCUT2D eigenvalue weighted by atomic mass is 9.85. The number of allylic oxidation sites excluding steroid dienone is 4. The molecular weight excluding hydrogens is 798 g/mol. The monoisotopic (exact) mass is 802 g/mol. The van der Waals surface area contributed by atoms with Crippen LogP contribution in [0.5, 0.6) is 0 Å². The highest BCUT2D eigenvalue weighted by molar-refractivity contribution is 5.40. The third-order valence-corrected chi connectivity index (χ3v) is 6.30. The van der Waals surface area contributed by atoms with Crippen molar-refractivity contribution in [3.8, 4) is 0 Å². The lowest BCUT2D eigenvalue weighted by Gasteiger charge is -2.43. The molecule has 0 aromatic rings. The van der Waals surface area contributed by atoms with Crippen molar-refractivity contribution in [1.29, 1.82) is 0 Å². The van der Waals surface area contributed by atoms with E-state index in [4.69, 9.17) is 0 Å². The Labute approximate surface area is 246 Å². The molecule has 0 fully saturated rings. The highest BCUT2D eigenvalue weighted by atomic mass is 19.4. The molecule has 0 bridgehead atoms. The van der Waals surface area contributed by atoms with Crippen molar-refractivity contribution in [2.45, 2.75) is 83.4 Å². The molecule has 1 unspecified atom stereocenters. The van der Waals surface area contributed by atoms with Gasteiger partial charge in [0.05, 0.1) is 5.92 Å². The normalized spacial score (nSPS) is 19.5. The quantitative estimate of drug-likeness (QED) is 0.173. The van der Waals surface area contributed by atoms with Crippen LogP contribution in [0.3, 0.4) is 0 Å². The van der Waals surface area contributed by atoms with Gasteiger partial charge in [-0.05, 0) is 0 Å². The Hall–Kier alpha value is -2.62. The Bertz CT molecular complexity index is 1300. The van der Waals surface area contributed by atoms with E-state index in [-0.39, 0.29) is 0 Å². The molecule has 1 aliphatic rings. The summed E-state index contributed by atoms with van der Waals surface area (Å²) >= 11 is 0. The van der Waals surface area contributed by atoms with E-state index < -0.39 is 113 Å². The molecule has 1 atom stereocenters. The summed E-state index contributed by atoms with van der Waals surface area (Å²) in [7, 11) is 0. The van der Waals surface area contributed by atoms with Gasteiger partial charge in [0.25, 0.3) is 0 Å². The Morgan fingerprint density at radius 3 is 0.837 bits per heavy atom. The van der Waals surface area contributed by atoms with Gasteiger partial charge >= 0.3 is 83.4 Å². The van der Waals surface area contributed by atoms with E-state index in [1.165, 1.54) is 0 Å². The molecule has 0 N–H and O–H groups in total. The first-order valence-corrected chi connectivity index (χ1v) is 10.8. The van der Waals surface area contributed by atoms with Crippen molar-refractivity contribution < 1.29 is 132 Å². The van der Waals surface area contributed by atoms with Crippen LogP contribution in [0, 0.1) is 5.92 Å². The van der Waals surface area contributed by atoms with Gasteiger partial charge in [-0.15, -0.1) is 0 Å². The fourth-order valence-electron chi connectivity index (χ4n) is 3.28. The second-order valence-corrected chi connectivity index (χ2v) is 9.44. The molecule has 0 aliphatic heterocycles. The zero-order valence-corrected chi connectivity index (χ0v) is 21.1. The predicted octanol–water partition coefficient (Wildman–Crippen LogP) is 10.8. The molecule has 0 aromatic heterocycles. The van der Waals surface area contributed by atoms with E-state index in [9.17, 15) is 132 Å². The third kappa shape index (κ3) is 5.35. The summed E-state index contributed by atoms with van der Waals surface area (Å²) in [6.07, 6.45) is -20.9. The van der Waals surface area contributed by atoms with Gasteiger partial charge in [-0.3, -0.25) is 0 Å². The number of rotatable bonds is 12. The van der Waals surface area contributed by atoms with Crippen LogP contribution in [0.25, 0.3) is 0 Å². The Morgan fingerprint density at radius 1 is 0.306 bits per heavy atom. The summed E-state index contributed by atoms with van der Waals surface area (Å²) in [5, 5.41) is 0. The molecule has 0 saturated heterocycles. The van der Waals surface area contributed by atoms with Crippen LogP contribution in [0.4, 0.5) is 132 Å². The average molecular weight is 802 g/mol. The van der Waals surface area contributed by atoms with Gasteiger partial charge in [-0.25, -0.2) is 0 Å². The van der Waals surface area contributed by atoms with Crippen LogP contribution in [0.15, 0.2) is 23.8 Å². The smallest absolute Gasteiger partial charge is 0.199 e. The number of alkyl halides is 30. The molecule has 0 aromatic carbocycles. The molecule has 0 nitrogen and oxygen atoms in total. The van der Waals surface area contributed by atoms with Gasteiger partial charge in [-0.2, -0.15) is 132 Å². The minimum Gasteiger partial charge on any atom is -0.199 e. The summed E-state index contributed by atoms with van der Waals surface area (Å²) in [4.78, 5) is 0. The van der Waals surface area contributed by atoms with Gasteiger partial charge in [0.2, 0.25) is 0 Å². The zero-order chi connectivity index (χ0) is 40.3. The highest BCUT2D eigenvalue weighted by Crippen LogP contribution is 2.66. The fraction of sp³-hybridized carbons (Fsp3) is 0.789. The minimum absolute atomic E-state index is 1.42. The summed E-state index contributed by atoms with van der Waals surface area (Å²) < 4.78 is 399.